The standard InChI is InChI=1S/C24H27N3O2S/c1-4-5-14-26-23(29)19-11-7-8-12-20(19)25-24(26)30-17(3)22(28)27-16(2)15-18-10-6-9-13-21(18)27/h6-13,16-17H,4-5,14-15H2,1-3H3/t16-,17-/m0/s1. The molecule has 30 heavy (non-hydrogen) atoms. The molecule has 2 atom stereocenters. The molecule has 0 saturated carbocycles. The summed E-state index contributed by atoms with van der Waals surface area (Å²) in [6, 6.07) is 15.6. The van der Waals surface area contributed by atoms with Crippen LogP contribution in [0.4, 0.5) is 5.69 Å². The molecule has 3 aromatic rings. The van der Waals surface area contributed by atoms with Gasteiger partial charge in [0.05, 0.1) is 16.2 Å². The first kappa shape index (κ1) is 20.7. The largest absolute Gasteiger partial charge is 0.308 e. The predicted molar refractivity (Wildman–Crippen MR) is 123 cm³/mol. The lowest BCUT2D eigenvalue weighted by Gasteiger charge is -2.26. The molecule has 0 radical (unpaired) electrons. The highest BCUT2D eigenvalue weighted by atomic mass is 32.2. The van der Waals surface area contributed by atoms with Crippen LogP contribution in [-0.2, 0) is 17.8 Å². The molecule has 156 valence electrons. The number of hydrogen-bond acceptors (Lipinski definition) is 4. The van der Waals surface area contributed by atoms with Gasteiger partial charge in [0.25, 0.3) is 5.56 Å². The number of unbranched alkanes of at least 4 members (excludes halogenated alkanes) is 1. The summed E-state index contributed by atoms with van der Waals surface area (Å²) in [5.41, 5.74) is 2.85. The lowest BCUT2D eigenvalue weighted by molar-refractivity contribution is -0.118. The summed E-state index contributed by atoms with van der Waals surface area (Å²) in [5.74, 6) is 0.0573. The second-order valence-corrected chi connectivity index (χ2v) is 9.18. The Labute approximate surface area is 181 Å². The van der Waals surface area contributed by atoms with Gasteiger partial charge >= 0.3 is 0 Å². The molecule has 1 aromatic heterocycles. The predicted octanol–water partition coefficient (Wildman–Crippen LogP) is 4.66. The summed E-state index contributed by atoms with van der Waals surface area (Å²) in [6.45, 7) is 6.71. The zero-order valence-corrected chi connectivity index (χ0v) is 18.5. The van der Waals surface area contributed by atoms with Crippen molar-refractivity contribution in [2.45, 2.75) is 63.0 Å². The highest BCUT2D eigenvalue weighted by molar-refractivity contribution is 8.00. The van der Waals surface area contributed by atoms with Crippen LogP contribution in [0, 0.1) is 0 Å². The molecule has 2 heterocycles. The van der Waals surface area contributed by atoms with Crippen LogP contribution < -0.4 is 10.5 Å². The normalized spacial score (nSPS) is 16.6. The minimum atomic E-state index is -0.348. The van der Waals surface area contributed by atoms with Crippen molar-refractivity contribution in [1.82, 2.24) is 9.55 Å². The quantitative estimate of drug-likeness (QED) is 0.429. The summed E-state index contributed by atoms with van der Waals surface area (Å²) in [6.07, 6.45) is 2.75. The van der Waals surface area contributed by atoms with Crippen molar-refractivity contribution in [3.05, 3.63) is 64.4 Å². The molecule has 1 aliphatic rings. The van der Waals surface area contributed by atoms with Gasteiger partial charge in [-0.25, -0.2) is 4.98 Å². The smallest absolute Gasteiger partial charge is 0.262 e. The minimum Gasteiger partial charge on any atom is -0.308 e. The highest BCUT2D eigenvalue weighted by Crippen LogP contribution is 2.34. The molecular formula is C24H27N3O2S. The third kappa shape index (κ3) is 3.76. The number of nitrogens with zero attached hydrogens (tertiary/aromatic N) is 3. The van der Waals surface area contributed by atoms with Crippen molar-refractivity contribution in [3.63, 3.8) is 0 Å². The van der Waals surface area contributed by atoms with Crippen LogP contribution in [-0.4, -0.2) is 26.8 Å². The fourth-order valence-electron chi connectivity index (χ4n) is 4.06. The van der Waals surface area contributed by atoms with E-state index in [0.29, 0.717) is 22.6 Å². The number of carbonyl (C=O) groups is 1. The Morgan fingerprint density at radius 1 is 1.20 bits per heavy atom. The lowest BCUT2D eigenvalue weighted by Crippen LogP contribution is -2.40. The third-order valence-corrected chi connectivity index (χ3v) is 6.71. The maximum Gasteiger partial charge on any atom is 0.262 e. The Morgan fingerprint density at radius 2 is 1.93 bits per heavy atom. The van der Waals surface area contributed by atoms with Crippen LogP contribution in [0.2, 0.25) is 0 Å². The first-order valence-electron chi connectivity index (χ1n) is 10.6. The summed E-state index contributed by atoms with van der Waals surface area (Å²) >= 11 is 1.38. The Kier molecular flexibility index (Phi) is 5.95. The van der Waals surface area contributed by atoms with Crippen molar-refractivity contribution in [2.24, 2.45) is 0 Å². The van der Waals surface area contributed by atoms with Crippen molar-refractivity contribution >= 4 is 34.3 Å². The summed E-state index contributed by atoms with van der Waals surface area (Å²) in [4.78, 5) is 33.1. The Morgan fingerprint density at radius 3 is 2.73 bits per heavy atom. The first-order valence-corrected chi connectivity index (χ1v) is 11.5. The van der Waals surface area contributed by atoms with Crippen LogP contribution in [0.3, 0.4) is 0 Å². The molecule has 2 aromatic carbocycles. The topological polar surface area (TPSA) is 55.2 Å². The van der Waals surface area contributed by atoms with Gasteiger partial charge < -0.3 is 4.90 Å². The molecule has 1 aliphatic heterocycles. The zero-order valence-electron chi connectivity index (χ0n) is 17.7. The van der Waals surface area contributed by atoms with Gasteiger partial charge in [-0.15, -0.1) is 0 Å². The van der Waals surface area contributed by atoms with Crippen LogP contribution in [0.5, 0.6) is 0 Å². The van der Waals surface area contributed by atoms with E-state index in [9.17, 15) is 9.59 Å². The molecule has 4 rings (SSSR count). The number of carbonyl (C=O) groups excluding carboxylic acids is 1. The average Bonchev–Trinajstić information content (AvgIpc) is 3.08. The van der Waals surface area contributed by atoms with Gasteiger partial charge in [0, 0.05) is 18.3 Å². The lowest BCUT2D eigenvalue weighted by atomic mass is 10.1. The Bertz CT molecular complexity index is 1140. The number of anilines is 1. The maximum absolute atomic E-state index is 13.4. The zero-order chi connectivity index (χ0) is 21.3. The van der Waals surface area contributed by atoms with Gasteiger partial charge in [0.1, 0.15) is 0 Å². The van der Waals surface area contributed by atoms with Gasteiger partial charge in [-0.3, -0.25) is 14.2 Å². The van der Waals surface area contributed by atoms with E-state index in [2.05, 4.69) is 19.9 Å². The average molecular weight is 422 g/mol. The first-order chi connectivity index (χ1) is 14.5. The van der Waals surface area contributed by atoms with E-state index in [1.807, 2.05) is 54.3 Å². The number of benzene rings is 2. The van der Waals surface area contributed by atoms with E-state index in [0.717, 1.165) is 24.9 Å². The molecule has 6 heteroatoms. The second-order valence-electron chi connectivity index (χ2n) is 7.87. The van der Waals surface area contributed by atoms with Gasteiger partial charge in [-0.2, -0.15) is 0 Å². The molecule has 0 saturated heterocycles. The number of hydrogen-bond donors (Lipinski definition) is 0. The molecule has 0 spiro atoms. The molecule has 0 bridgehead atoms. The van der Waals surface area contributed by atoms with Crippen LogP contribution in [0.1, 0.15) is 39.2 Å². The van der Waals surface area contributed by atoms with Gasteiger partial charge in [-0.1, -0.05) is 55.4 Å². The highest BCUT2D eigenvalue weighted by Gasteiger charge is 2.34. The molecule has 0 fully saturated rings. The number of rotatable bonds is 6. The minimum absolute atomic E-state index is 0.0314. The molecular weight excluding hydrogens is 394 g/mol. The van der Waals surface area contributed by atoms with Crippen LogP contribution in [0.25, 0.3) is 10.9 Å². The summed E-state index contributed by atoms with van der Waals surface area (Å²) < 4.78 is 1.74. The molecule has 0 unspecified atom stereocenters. The van der Waals surface area contributed by atoms with Crippen molar-refractivity contribution in [3.8, 4) is 0 Å². The van der Waals surface area contributed by atoms with E-state index in [4.69, 9.17) is 4.98 Å². The Balaban J connectivity index is 1.66. The molecule has 1 amide bonds. The molecule has 0 aliphatic carbocycles. The van der Waals surface area contributed by atoms with E-state index in [1.165, 1.54) is 17.3 Å². The number of para-hydroxylation sites is 2. The van der Waals surface area contributed by atoms with E-state index < -0.39 is 0 Å². The molecule has 5 nitrogen and oxygen atoms in total. The SMILES string of the molecule is CCCCn1c(S[C@@H](C)C(=O)N2c3ccccc3C[C@@H]2C)nc2ccccc2c1=O. The van der Waals surface area contributed by atoms with E-state index >= 15 is 0 Å². The van der Waals surface area contributed by atoms with Crippen molar-refractivity contribution < 1.29 is 4.79 Å². The van der Waals surface area contributed by atoms with Crippen molar-refractivity contribution in [2.75, 3.05) is 4.90 Å². The number of thioether (sulfide) groups is 1. The summed E-state index contributed by atoms with van der Waals surface area (Å²) in [7, 11) is 0. The third-order valence-electron chi connectivity index (χ3n) is 5.64. The van der Waals surface area contributed by atoms with E-state index in [1.54, 1.807) is 4.57 Å². The van der Waals surface area contributed by atoms with Gasteiger partial charge in [-0.05, 0) is 50.5 Å². The Hall–Kier alpha value is -2.60. The number of fused-ring (bicyclic) bond motifs is 2. The van der Waals surface area contributed by atoms with Gasteiger partial charge in [0.2, 0.25) is 5.91 Å². The fourth-order valence-corrected chi connectivity index (χ4v) is 5.04. The van der Waals surface area contributed by atoms with Crippen LogP contribution in [0.15, 0.2) is 58.5 Å². The fraction of sp³-hybridized carbons (Fsp3) is 0.375. The monoisotopic (exact) mass is 421 g/mol. The second kappa shape index (κ2) is 8.64. The van der Waals surface area contributed by atoms with Crippen molar-refractivity contribution in [1.29, 1.82) is 0 Å². The van der Waals surface area contributed by atoms with Gasteiger partial charge in [0.15, 0.2) is 5.16 Å². The number of amides is 1. The van der Waals surface area contributed by atoms with E-state index in [-0.39, 0.29) is 22.8 Å². The molecule has 0 N–H and O–H groups in total. The van der Waals surface area contributed by atoms with Crippen LogP contribution >= 0.6 is 11.8 Å². The summed E-state index contributed by atoms with van der Waals surface area (Å²) in [5, 5.41) is 0.895. The maximum atomic E-state index is 13.4. The number of aromatic nitrogens is 2.